The summed E-state index contributed by atoms with van der Waals surface area (Å²) in [4.78, 5) is 0. The molecule has 0 amide bonds. The van der Waals surface area contributed by atoms with Gasteiger partial charge in [-0.1, -0.05) is 13.8 Å². The summed E-state index contributed by atoms with van der Waals surface area (Å²) in [5.74, 6) is 1.74. The van der Waals surface area contributed by atoms with Gasteiger partial charge in [0.25, 0.3) is 0 Å². The topological polar surface area (TPSA) is 21.3 Å². The van der Waals surface area contributed by atoms with Gasteiger partial charge in [-0.05, 0) is 50.5 Å². The van der Waals surface area contributed by atoms with Crippen LogP contribution in [0.4, 0.5) is 0 Å². The zero-order chi connectivity index (χ0) is 10.7. The lowest BCUT2D eigenvalue weighted by Crippen LogP contribution is -2.33. The van der Waals surface area contributed by atoms with Crippen molar-refractivity contribution in [3.05, 3.63) is 0 Å². The van der Waals surface area contributed by atoms with E-state index < -0.39 is 0 Å². The molecule has 0 aromatic carbocycles. The molecule has 2 fully saturated rings. The molecule has 0 spiro atoms. The first-order valence-corrected chi connectivity index (χ1v) is 6.66. The van der Waals surface area contributed by atoms with E-state index in [9.17, 15) is 0 Å². The van der Waals surface area contributed by atoms with Gasteiger partial charge >= 0.3 is 0 Å². The summed E-state index contributed by atoms with van der Waals surface area (Å²) in [6.07, 6.45) is 7.24. The molecule has 1 aliphatic carbocycles. The van der Waals surface area contributed by atoms with Crippen LogP contribution in [0.5, 0.6) is 0 Å². The molecule has 1 aliphatic heterocycles. The molecule has 0 bridgehead atoms. The molecule has 4 atom stereocenters. The quantitative estimate of drug-likeness (QED) is 0.771. The van der Waals surface area contributed by atoms with Crippen molar-refractivity contribution in [1.29, 1.82) is 0 Å². The first-order chi connectivity index (χ1) is 7.31. The zero-order valence-corrected chi connectivity index (χ0v) is 10.2. The van der Waals surface area contributed by atoms with Crippen molar-refractivity contribution in [3.8, 4) is 0 Å². The van der Waals surface area contributed by atoms with Gasteiger partial charge in [-0.15, -0.1) is 0 Å². The smallest absolute Gasteiger partial charge is 0.0578 e. The Kier molecular flexibility index (Phi) is 4.04. The van der Waals surface area contributed by atoms with E-state index >= 15 is 0 Å². The van der Waals surface area contributed by atoms with Crippen LogP contribution in [0.15, 0.2) is 0 Å². The second kappa shape index (κ2) is 5.31. The van der Waals surface area contributed by atoms with Crippen molar-refractivity contribution >= 4 is 0 Å². The number of ether oxygens (including phenoxy) is 1. The number of nitrogens with one attached hydrogen (secondary N) is 1. The molecule has 2 heteroatoms. The van der Waals surface area contributed by atoms with Gasteiger partial charge in [0.2, 0.25) is 0 Å². The highest BCUT2D eigenvalue weighted by Gasteiger charge is 2.34. The predicted octanol–water partition coefficient (Wildman–Crippen LogP) is 2.58. The Morgan fingerprint density at radius 3 is 2.80 bits per heavy atom. The van der Waals surface area contributed by atoms with Crippen molar-refractivity contribution in [2.24, 2.45) is 11.8 Å². The Bertz CT molecular complexity index is 189. The average molecular weight is 211 g/mol. The van der Waals surface area contributed by atoms with Gasteiger partial charge < -0.3 is 10.1 Å². The molecule has 1 saturated heterocycles. The second-order valence-electron chi connectivity index (χ2n) is 5.23. The molecule has 1 N–H and O–H groups in total. The Morgan fingerprint density at radius 1 is 1.27 bits per heavy atom. The van der Waals surface area contributed by atoms with E-state index in [2.05, 4.69) is 19.2 Å². The average Bonchev–Trinajstić information content (AvgIpc) is 2.83. The molecule has 2 aliphatic rings. The Hall–Kier alpha value is -0.0800. The second-order valence-corrected chi connectivity index (χ2v) is 5.23. The Morgan fingerprint density at radius 2 is 2.13 bits per heavy atom. The molecule has 15 heavy (non-hydrogen) atoms. The van der Waals surface area contributed by atoms with Gasteiger partial charge in [-0.2, -0.15) is 0 Å². The summed E-state index contributed by atoms with van der Waals surface area (Å²) in [5.41, 5.74) is 0. The van der Waals surface area contributed by atoms with Crippen molar-refractivity contribution < 1.29 is 4.74 Å². The SMILES string of the molecule is CCNC1CCC(CC2CCCO2)C1C. The van der Waals surface area contributed by atoms with Gasteiger partial charge in [0.15, 0.2) is 0 Å². The molecule has 2 rings (SSSR count). The summed E-state index contributed by atoms with van der Waals surface area (Å²) >= 11 is 0. The van der Waals surface area contributed by atoms with Crippen LogP contribution in [0.1, 0.15) is 46.0 Å². The van der Waals surface area contributed by atoms with E-state index in [4.69, 9.17) is 4.74 Å². The number of rotatable bonds is 4. The van der Waals surface area contributed by atoms with Crippen molar-refractivity contribution in [2.75, 3.05) is 13.2 Å². The highest BCUT2D eigenvalue weighted by Crippen LogP contribution is 2.36. The minimum Gasteiger partial charge on any atom is -0.378 e. The fraction of sp³-hybridized carbons (Fsp3) is 1.00. The third-order valence-electron chi connectivity index (χ3n) is 4.28. The van der Waals surface area contributed by atoms with Crippen molar-refractivity contribution in [3.63, 3.8) is 0 Å². The molecule has 4 unspecified atom stereocenters. The molecular formula is C13H25NO. The minimum absolute atomic E-state index is 0.581. The molecular weight excluding hydrogens is 186 g/mol. The molecule has 0 aromatic heterocycles. The first-order valence-electron chi connectivity index (χ1n) is 6.66. The molecule has 2 nitrogen and oxygen atoms in total. The van der Waals surface area contributed by atoms with E-state index in [1.807, 2.05) is 0 Å². The van der Waals surface area contributed by atoms with Crippen LogP contribution in [0.25, 0.3) is 0 Å². The maximum absolute atomic E-state index is 5.74. The lowest BCUT2D eigenvalue weighted by molar-refractivity contribution is 0.0835. The maximum Gasteiger partial charge on any atom is 0.0578 e. The third-order valence-corrected chi connectivity index (χ3v) is 4.28. The standard InChI is InChI=1S/C13H25NO/c1-3-14-13-7-6-11(10(13)2)9-12-5-4-8-15-12/h10-14H,3-9H2,1-2H3. The zero-order valence-electron chi connectivity index (χ0n) is 10.2. The Balaban J connectivity index is 1.78. The normalized spacial score (nSPS) is 41.2. The van der Waals surface area contributed by atoms with E-state index in [1.165, 1.54) is 32.1 Å². The lowest BCUT2D eigenvalue weighted by Gasteiger charge is -2.23. The van der Waals surface area contributed by atoms with Crippen LogP contribution in [-0.4, -0.2) is 25.3 Å². The summed E-state index contributed by atoms with van der Waals surface area (Å²) in [5, 5.41) is 3.61. The fourth-order valence-corrected chi connectivity index (χ4v) is 3.30. The Labute approximate surface area is 93.8 Å². The largest absolute Gasteiger partial charge is 0.378 e. The number of hydrogen-bond donors (Lipinski definition) is 1. The summed E-state index contributed by atoms with van der Waals surface area (Å²) in [6, 6.07) is 0.765. The molecule has 1 heterocycles. The van der Waals surface area contributed by atoms with Crippen molar-refractivity contribution in [1.82, 2.24) is 5.32 Å². The highest BCUT2D eigenvalue weighted by molar-refractivity contribution is 4.88. The summed E-state index contributed by atoms with van der Waals surface area (Å²) in [7, 11) is 0. The van der Waals surface area contributed by atoms with Crippen LogP contribution in [-0.2, 0) is 4.74 Å². The van der Waals surface area contributed by atoms with Crippen LogP contribution >= 0.6 is 0 Å². The maximum atomic E-state index is 5.74. The fourth-order valence-electron chi connectivity index (χ4n) is 3.30. The molecule has 0 aromatic rings. The van der Waals surface area contributed by atoms with E-state index in [1.54, 1.807) is 0 Å². The first kappa shape index (κ1) is 11.4. The van der Waals surface area contributed by atoms with Crippen LogP contribution in [0.2, 0.25) is 0 Å². The van der Waals surface area contributed by atoms with Gasteiger partial charge in [0.05, 0.1) is 6.10 Å². The van der Waals surface area contributed by atoms with Gasteiger partial charge in [-0.25, -0.2) is 0 Å². The highest BCUT2D eigenvalue weighted by atomic mass is 16.5. The van der Waals surface area contributed by atoms with Crippen LogP contribution < -0.4 is 5.32 Å². The van der Waals surface area contributed by atoms with Crippen LogP contribution in [0, 0.1) is 11.8 Å². The van der Waals surface area contributed by atoms with E-state index in [0.717, 1.165) is 31.0 Å². The van der Waals surface area contributed by atoms with Crippen molar-refractivity contribution in [2.45, 2.75) is 58.1 Å². The van der Waals surface area contributed by atoms with Gasteiger partial charge in [0, 0.05) is 12.6 Å². The predicted molar refractivity (Wildman–Crippen MR) is 62.9 cm³/mol. The van der Waals surface area contributed by atoms with Gasteiger partial charge in [0.1, 0.15) is 0 Å². The minimum atomic E-state index is 0.581. The molecule has 88 valence electrons. The molecule has 1 saturated carbocycles. The lowest BCUT2D eigenvalue weighted by atomic mass is 9.90. The van der Waals surface area contributed by atoms with Crippen LogP contribution in [0.3, 0.4) is 0 Å². The number of hydrogen-bond acceptors (Lipinski definition) is 2. The molecule has 0 radical (unpaired) electrons. The van der Waals surface area contributed by atoms with E-state index in [0.29, 0.717) is 6.10 Å². The summed E-state index contributed by atoms with van der Waals surface area (Å²) < 4.78 is 5.74. The summed E-state index contributed by atoms with van der Waals surface area (Å²) in [6.45, 7) is 6.74. The monoisotopic (exact) mass is 211 g/mol. The van der Waals surface area contributed by atoms with E-state index in [-0.39, 0.29) is 0 Å². The van der Waals surface area contributed by atoms with Gasteiger partial charge in [-0.3, -0.25) is 0 Å². The third kappa shape index (κ3) is 2.73.